The van der Waals surface area contributed by atoms with Crippen LogP contribution in [0.2, 0.25) is 5.02 Å². The lowest BCUT2D eigenvalue weighted by Gasteiger charge is -2.49. The summed E-state index contributed by atoms with van der Waals surface area (Å²) in [6.45, 7) is 3.98. The Morgan fingerprint density at radius 2 is 1.71 bits per heavy atom. The van der Waals surface area contributed by atoms with Crippen LogP contribution in [0.15, 0.2) is 72.3 Å². The predicted molar refractivity (Wildman–Crippen MR) is 174 cm³/mol. The normalized spacial score (nSPS) is 27.9. The third-order valence-corrected chi connectivity index (χ3v) is 11.0. The summed E-state index contributed by atoms with van der Waals surface area (Å²) in [5, 5.41) is 19.9. The van der Waals surface area contributed by atoms with Gasteiger partial charge in [0.1, 0.15) is 11.6 Å². The van der Waals surface area contributed by atoms with Crippen LogP contribution in [0, 0.1) is 34.9 Å². The van der Waals surface area contributed by atoms with Gasteiger partial charge in [0.05, 0.1) is 40.5 Å². The third kappa shape index (κ3) is 4.79. The van der Waals surface area contributed by atoms with Gasteiger partial charge in [0.2, 0.25) is 23.6 Å². The molecule has 2 N–H and O–H groups in total. The molecule has 1 saturated carbocycles. The highest BCUT2D eigenvalue weighted by Gasteiger charge is 2.67. The van der Waals surface area contributed by atoms with Crippen LogP contribution < -0.4 is 9.64 Å². The lowest BCUT2D eigenvalue weighted by molar-refractivity contribution is -0.140. The Labute approximate surface area is 281 Å². The summed E-state index contributed by atoms with van der Waals surface area (Å²) in [5.41, 5.74) is 1.11. The van der Waals surface area contributed by atoms with Gasteiger partial charge in [-0.15, -0.1) is 0 Å². The molecule has 3 aromatic rings. The minimum atomic E-state index is -1.32. The van der Waals surface area contributed by atoms with Crippen LogP contribution in [0.25, 0.3) is 0 Å². The van der Waals surface area contributed by atoms with Gasteiger partial charge in [-0.05, 0) is 92.6 Å². The first-order chi connectivity index (χ1) is 22.9. The van der Waals surface area contributed by atoms with Crippen LogP contribution in [0.5, 0.6) is 17.2 Å². The van der Waals surface area contributed by atoms with E-state index < -0.39 is 52.6 Å². The second-order valence-corrected chi connectivity index (χ2v) is 13.6. The topological polar surface area (TPSA) is 124 Å². The molecule has 9 nitrogen and oxygen atoms in total. The molecular formula is C37H34ClFN2O7. The number of hydrogen-bond acceptors (Lipinski definition) is 7. The summed E-state index contributed by atoms with van der Waals surface area (Å²) in [4.78, 5) is 59.1. The molecular weight excluding hydrogens is 639 g/mol. The van der Waals surface area contributed by atoms with E-state index in [1.807, 2.05) is 6.08 Å². The zero-order chi connectivity index (χ0) is 34.1. The van der Waals surface area contributed by atoms with Crippen molar-refractivity contribution in [2.24, 2.45) is 29.1 Å². The van der Waals surface area contributed by atoms with Crippen LogP contribution >= 0.6 is 11.6 Å². The average Bonchev–Trinajstić information content (AvgIpc) is 3.42. The van der Waals surface area contributed by atoms with Crippen molar-refractivity contribution >= 4 is 40.9 Å². The number of halogens is 2. The van der Waals surface area contributed by atoms with E-state index in [0.717, 1.165) is 22.1 Å². The summed E-state index contributed by atoms with van der Waals surface area (Å²) < 4.78 is 19.8. The minimum Gasteiger partial charge on any atom is -0.508 e. The van der Waals surface area contributed by atoms with E-state index in [1.165, 1.54) is 23.1 Å². The van der Waals surface area contributed by atoms with E-state index in [0.29, 0.717) is 18.4 Å². The van der Waals surface area contributed by atoms with E-state index in [4.69, 9.17) is 16.3 Å². The number of rotatable bonds is 7. The average molecular weight is 673 g/mol. The number of carbonyl (C=O) groups excluding carboxylic acids is 4. The molecule has 4 aliphatic rings. The predicted octanol–water partition coefficient (Wildman–Crippen LogP) is 5.76. The Kier molecular flexibility index (Phi) is 7.82. The monoisotopic (exact) mass is 672 g/mol. The van der Waals surface area contributed by atoms with E-state index >= 15 is 0 Å². The van der Waals surface area contributed by atoms with Gasteiger partial charge in [-0.1, -0.05) is 41.4 Å². The number of fused-ring (bicyclic) bond motifs is 4. The molecule has 48 heavy (non-hydrogen) atoms. The number of likely N-dealkylation sites (tertiary alicyclic amines) is 1. The fourth-order valence-corrected chi connectivity index (χ4v) is 8.61. The Morgan fingerprint density at radius 3 is 2.42 bits per heavy atom. The second kappa shape index (κ2) is 11.8. The fraction of sp³-hybridized carbons (Fsp3) is 0.351. The number of carbonyl (C=O) groups is 4. The lowest BCUT2D eigenvalue weighted by atomic mass is 9.51. The molecule has 2 heterocycles. The molecule has 0 spiro atoms. The number of ether oxygens (including phenoxy) is 1. The molecule has 7 rings (SSSR count). The number of imide groups is 2. The molecule has 3 aromatic carbocycles. The summed E-state index contributed by atoms with van der Waals surface area (Å²) in [5.74, 6) is -5.37. The molecule has 0 aromatic heterocycles. The molecule has 2 aliphatic heterocycles. The van der Waals surface area contributed by atoms with E-state index in [9.17, 15) is 33.8 Å². The summed E-state index contributed by atoms with van der Waals surface area (Å²) in [7, 11) is 0. The number of nitrogens with zero attached hydrogens (tertiary/aromatic N) is 2. The van der Waals surface area contributed by atoms with Gasteiger partial charge in [-0.2, -0.15) is 0 Å². The van der Waals surface area contributed by atoms with E-state index in [1.54, 1.807) is 50.2 Å². The van der Waals surface area contributed by atoms with Crippen LogP contribution in [-0.4, -0.2) is 51.9 Å². The molecule has 248 valence electrons. The van der Waals surface area contributed by atoms with Crippen molar-refractivity contribution in [3.05, 3.63) is 94.3 Å². The lowest BCUT2D eigenvalue weighted by Crippen LogP contribution is -2.48. The third-order valence-electron chi connectivity index (χ3n) is 10.7. The number of phenols is 2. The van der Waals surface area contributed by atoms with Gasteiger partial charge in [0.15, 0.2) is 11.5 Å². The molecule has 3 fully saturated rings. The van der Waals surface area contributed by atoms with Crippen molar-refractivity contribution in [2.75, 3.05) is 18.1 Å². The maximum atomic E-state index is 14.6. The first kappa shape index (κ1) is 31.9. The van der Waals surface area contributed by atoms with Gasteiger partial charge < -0.3 is 14.9 Å². The van der Waals surface area contributed by atoms with E-state index in [-0.39, 0.29) is 59.3 Å². The summed E-state index contributed by atoms with van der Waals surface area (Å²) >= 11 is 6.08. The zero-order valence-electron chi connectivity index (χ0n) is 26.4. The SMILES string of the molecule is CCOc1cc([C@H]2C3=CC[C@@H]4C(=O)N(CCc5ccc(O)cc5)C(=O)[C@@H]4[C@@H]3C[C@H]3C(=O)N(c4ccc(F)c(Cl)c4)C(=O)[C@@]23C)ccc1O. The fourth-order valence-electron chi connectivity index (χ4n) is 8.44. The molecule has 0 bridgehead atoms. The van der Waals surface area contributed by atoms with Gasteiger partial charge in [-0.3, -0.25) is 24.1 Å². The maximum Gasteiger partial charge on any atom is 0.241 e. The number of hydrogen-bond donors (Lipinski definition) is 2. The number of allylic oxidation sites excluding steroid dienone is 2. The standard InChI is InChI=1S/C37H34ClFN2O7/c1-3-48-30-16-20(6-13-29(30)43)32-23-10-11-24-31(35(46)40(33(24)44)15-14-19-4-8-22(42)9-5-19)25(23)18-26-34(45)41(36(47)37(26,32)2)21-7-12-28(39)27(38)17-21/h4-10,12-13,16-17,24-26,31-32,42-43H,3,11,14-15,18H2,1-2H3/t24-,25+,26-,31-,32-,37+/m0/s1. The molecule has 0 radical (unpaired) electrons. The smallest absolute Gasteiger partial charge is 0.241 e. The highest BCUT2D eigenvalue weighted by Crippen LogP contribution is 2.64. The van der Waals surface area contributed by atoms with Crippen molar-refractivity contribution in [1.82, 2.24) is 4.90 Å². The maximum absolute atomic E-state index is 14.6. The van der Waals surface area contributed by atoms with Gasteiger partial charge in [-0.25, -0.2) is 9.29 Å². The molecule has 11 heteroatoms. The van der Waals surface area contributed by atoms with Crippen molar-refractivity contribution in [1.29, 1.82) is 0 Å². The zero-order valence-corrected chi connectivity index (χ0v) is 27.1. The molecule has 2 aliphatic carbocycles. The minimum absolute atomic E-state index is 0.0791. The van der Waals surface area contributed by atoms with Crippen LogP contribution in [0.4, 0.5) is 10.1 Å². The number of amides is 4. The number of phenolic OH excluding ortho intramolecular Hbond substituents is 2. The molecule has 0 unspecified atom stereocenters. The van der Waals surface area contributed by atoms with Crippen molar-refractivity contribution in [2.45, 2.75) is 39.0 Å². The molecule has 2 saturated heterocycles. The summed E-state index contributed by atoms with van der Waals surface area (Å²) in [6, 6.07) is 15.2. The molecule has 6 atom stereocenters. The highest BCUT2D eigenvalue weighted by atomic mass is 35.5. The number of benzene rings is 3. The summed E-state index contributed by atoms with van der Waals surface area (Å²) in [6.07, 6.45) is 2.83. The number of anilines is 1. The van der Waals surface area contributed by atoms with Crippen LogP contribution in [0.3, 0.4) is 0 Å². The van der Waals surface area contributed by atoms with Crippen LogP contribution in [-0.2, 0) is 25.6 Å². The Bertz CT molecular complexity index is 1890. The Hall–Kier alpha value is -4.70. The van der Waals surface area contributed by atoms with Crippen molar-refractivity contribution in [3.63, 3.8) is 0 Å². The largest absolute Gasteiger partial charge is 0.508 e. The van der Waals surface area contributed by atoms with Gasteiger partial charge in [0.25, 0.3) is 0 Å². The van der Waals surface area contributed by atoms with E-state index in [2.05, 4.69) is 0 Å². The van der Waals surface area contributed by atoms with Crippen molar-refractivity contribution in [3.8, 4) is 17.2 Å². The highest BCUT2D eigenvalue weighted by molar-refractivity contribution is 6.31. The first-order valence-electron chi connectivity index (χ1n) is 16.1. The van der Waals surface area contributed by atoms with Gasteiger partial charge >= 0.3 is 0 Å². The first-order valence-corrected chi connectivity index (χ1v) is 16.5. The Morgan fingerprint density at radius 1 is 0.958 bits per heavy atom. The number of aromatic hydroxyl groups is 2. The Balaban J connectivity index is 1.30. The van der Waals surface area contributed by atoms with Crippen molar-refractivity contribution < 1.29 is 38.5 Å². The van der Waals surface area contributed by atoms with Crippen LogP contribution in [0.1, 0.15) is 43.7 Å². The second-order valence-electron chi connectivity index (χ2n) is 13.2. The molecule has 4 amide bonds. The van der Waals surface area contributed by atoms with Gasteiger partial charge in [0, 0.05) is 12.5 Å². The quantitative estimate of drug-likeness (QED) is 0.242.